The highest BCUT2D eigenvalue weighted by molar-refractivity contribution is 5.08. The normalized spacial score (nSPS) is 48.9. The van der Waals surface area contributed by atoms with Gasteiger partial charge in [-0.15, -0.1) is 0 Å². The highest BCUT2D eigenvalue weighted by Gasteiger charge is 2.53. The fraction of sp³-hybridized carbons (Fsp3) is 0.929. The molecule has 0 heterocycles. The largest absolute Gasteiger partial charge is 0.198 e. The summed E-state index contributed by atoms with van der Waals surface area (Å²) in [6, 6.07) is 2.61. The molecule has 4 saturated carbocycles. The van der Waals surface area contributed by atoms with Gasteiger partial charge in [0.1, 0.15) is 0 Å². The maximum Gasteiger partial charge on any atom is 0.0661 e. The summed E-state index contributed by atoms with van der Waals surface area (Å²) in [6.45, 7) is 2.20. The average molecular weight is 203 g/mol. The standard InChI is InChI=1S/C14H21N/c1-2-13(9-15)14-6-10-3-11(7-14)5-12(4-10)8-14/h10-13H,2-8H2,1H3. The maximum absolute atomic E-state index is 9.34. The zero-order valence-corrected chi connectivity index (χ0v) is 9.71. The second-order valence-electron chi connectivity index (χ2n) is 6.37. The SMILES string of the molecule is CCC(C#N)C12CC3CC(CC(C3)C1)C2. The van der Waals surface area contributed by atoms with E-state index < -0.39 is 0 Å². The summed E-state index contributed by atoms with van der Waals surface area (Å²) in [6.07, 6.45) is 9.67. The Labute approximate surface area is 92.9 Å². The van der Waals surface area contributed by atoms with Crippen LogP contribution in [0.3, 0.4) is 0 Å². The first-order chi connectivity index (χ1) is 7.25. The minimum Gasteiger partial charge on any atom is -0.198 e. The van der Waals surface area contributed by atoms with Gasteiger partial charge in [-0.25, -0.2) is 0 Å². The van der Waals surface area contributed by atoms with Crippen molar-refractivity contribution in [3.63, 3.8) is 0 Å². The third-order valence-electron chi connectivity index (χ3n) is 5.39. The van der Waals surface area contributed by atoms with Crippen molar-refractivity contribution in [3.8, 4) is 6.07 Å². The van der Waals surface area contributed by atoms with E-state index in [-0.39, 0.29) is 0 Å². The molecule has 82 valence electrons. The van der Waals surface area contributed by atoms with Gasteiger partial charge >= 0.3 is 0 Å². The average Bonchev–Trinajstić information content (AvgIpc) is 2.16. The van der Waals surface area contributed by atoms with E-state index in [0.717, 1.165) is 24.2 Å². The van der Waals surface area contributed by atoms with Gasteiger partial charge in [0.2, 0.25) is 0 Å². The first-order valence-electron chi connectivity index (χ1n) is 6.65. The third-order valence-corrected chi connectivity index (χ3v) is 5.39. The molecule has 0 saturated heterocycles. The highest BCUT2D eigenvalue weighted by atomic mass is 14.6. The van der Waals surface area contributed by atoms with Gasteiger partial charge in [-0.1, -0.05) is 6.92 Å². The Balaban J connectivity index is 1.90. The Morgan fingerprint density at radius 3 is 1.93 bits per heavy atom. The van der Waals surface area contributed by atoms with Gasteiger partial charge < -0.3 is 0 Å². The lowest BCUT2D eigenvalue weighted by atomic mass is 9.46. The van der Waals surface area contributed by atoms with Crippen molar-refractivity contribution in [3.05, 3.63) is 0 Å². The zero-order valence-electron chi connectivity index (χ0n) is 9.71. The fourth-order valence-corrected chi connectivity index (χ4v) is 5.27. The van der Waals surface area contributed by atoms with Crippen LogP contribution in [0.2, 0.25) is 0 Å². The molecule has 4 rings (SSSR count). The van der Waals surface area contributed by atoms with Gasteiger partial charge in [0.15, 0.2) is 0 Å². The van der Waals surface area contributed by atoms with E-state index in [1.807, 2.05) is 0 Å². The van der Waals surface area contributed by atoms with Crippen LogP contribution in [0.1, 0.15) is 51.9 Å². The maximum atomic E-state index is 9.34. The molecule has 1 atom stereocenters. The molecule has 0 aromatic heterocycles. The topological polar surface area (TPSA) is 23.8 Å². The molecule has 0 spiro atoms. The molecule has 4 fully saturated rings. The lowest BCUT2D eigenvalue weighted by Crippen LogP contribution is -2.49. The van der Waals surface area contributed by atoms with Crippen LogP contribution in [0.5, 0.6) is 0 Å². The lowest BCUT2D eigenvalue weighted by Gasteiger charge is -2.58. The third kappa shape index (κ3) is 1.34. The Hall–Kier alpha value is -0.510. The van der Waals surface area contributed by atoms with Crippen molar-refractivity contribution in [1.29, 1.82) is 5.26 Å². The Bertz CT molecular complexity index is 264. The van der Waals surface area contributed by atoms with Gasteiger partial charge in [-0.3, -0.25) is 0 Å². The van der Waals surface area contributed by atoms with Gasteiger partial charge in [-0.05, 0) is 68.1 Å². The Kier molecular flexibility index (Phi) is 2.09. The summed E-state index contributed by atoms with van der Waals surface area (Å²) in [5, 5.41) is 9.34. The summed E-state index contributed by atoms with van der Waals surface area (Å²) in [5.41, 5.74) is 0.457. The van der Waals surface area contributed by atoms with E-state index in [9.17, 15) is 5.26 Å². The molecule has 4 aliphatic rings. The second-order valence-corrected chi connectivity index (χ2v) is 6.37. The number of hydrogen-bond donors (Lipinski definition) is 0. The first kappa shape index (κ1) is 9.70. The van der Waals surface area contributed by atoms with Gasteiger partial charge in [-0.2, -0.15) is 5.26 Å². The van der Waals surface area contributed by atoms with E-state index in [1.165, 1.54) is 38.5 Å². The molecule has 1 nitrogen and oxygen atoms in total. The molecule has 0 aromatic rings. The molecular formula is C14H21N. The molecule has 15 heavy (non-hydrogen) atoms. The predicted molar refractivity (Wildman–Crippen MR) is 60.0 cm³/mol. The van der Waals surface area contributed by atoms with Crippen LogP contribution in [0.15, 0.2) is 0 Å². The molecule has 0 N–H and O–H groups in total. The van der Waals surface area contributed by atoms with Gasteiger partial charge in [0.25, 0.3) is 0 Å². The summed E-state index contributed by atoms with van der Waals surface area (Å²) in [7, 11) is 0. The minimum atomic E-state index is 0.353. The van der Waals surface area contributed by atoms with Crippen molar-refractivity contribution >= 4 is 0 Å². The van der Waals surface area contributed by atoms with E-state index in [2.05, 4.69) is 13.0 Å². The Morgan fingerprint density at radius 2 is 1.60 bits per heavy atom. The molecule has 0 radical (unpaired) electrons. The van der Waals surface area contributed by atoms with Gasteiger partial charge in [0, 0.05) is 0 Å². The first-order valence-corrected chi connectivity index (χ1v) is 6.65. The second kappa shape index (κ2) is 3.24. The van der Waals surface area contributed by atoms with Gasteiger partial charge in [0.05, 0.1) is 12.0 Å². The van der Waals surface area contributed by atoms with Crippen LogP contribution in [0.4, 0.5) is 0 Å². The fourth-order valence-electron chi connectivity index (χ4n) is 5.27. The molecule has 1 heteroatoms. The van der Waals surface area contributed by atoms with Crippen molar-refractivity contribution in [2.24, 2.45) is 29.1 Å². The number of nitrogens with zero attached hydrogens (tertiary/aromatic N) is 1. The number of rotatable bonds is 2. The Morgan fingerprint density at radius 1 is 1.13 bits per heavy atom. The summed E-state index contributed by atoms with van der Waals surface area (Å²) >= 11 is 0. The van der Waals surface area contributed by atoms with Crippen LogP contribution in [0, 0.1) is 40.4 Å². The monoisotopic (exact) mass is 203 g/mol. The molecule has 0 aliphatic heterocycles. The summed E-state index contributed by atoms with van der Waals surface area (Å²) in [5.74, 6) is 3.31. The van der Waals surface area contributed by atoms with E-state index >= 15 is 0 Å². The van der Waals surface area contributed by atoms with Crippen LogP contribution in [-0.4, -0.2) is 0 Å². The van der Waals surface area contributed by atoms with E-state index in [1.54, 1.807) is 0 Å². The van der Waals surface area contributed by atoms with Crippen LogP contribution in [0.25, 0.3) is 0 Å². The van der Waals surface area contributed by atoms with Crippen LogP contribution in [-0.2, 0) is 0 Å². The lowest BCUT2D eigenvalue weighted by molar-refractivity contribution is -0.0752. The molecule has 0 aromatic carbocycles. The predicted octanol–water partition coefficient (Wildman–Crippen LogP) is 3.75. The quantitative estimate of drug-likeness (QED) is 0.670. The zero-order chi connectivity index (χ0) is 10.5. The smallest absolute Gasteiger partial charge is 0.0661 e. The van der Waals surface area contributed by atoms with Crippen molar-refractivity contribution < 1.29 is 0 Å². The molecule has 4 aliphatic carbocycles. The van der Waals surface area contributed by atoms with E-state index in [4.69, 9.17) is 0 Å². The molecule has 0 amide bonds. The van der Waals surface area contributed by atoms with Crippen LogP contribution >= 0.6 is 0 Å². The molecule has 4 bridgehead atoms. The van der Waals surface area contributed by atoms with Crippen molar-refractivity contribution in [1.82, 2.24) is 0 Å². The molecule has 1 unspecified atom stereocenters. The summed E-state index contributed by atoms with van der Waals surface area (Å²) < 4.78 is 0. The number of hydrogen-bond acceptors (Lipinski definition) is 1. The van der Waals surface area contributed by atoms with E-state index in [0.29, 0.717) is 11.3 Å². The van der Waals surface area contributed by atoms with Crippen molar-refractivity contribution in [2.75, 3.05) is 0 Å². The minimum absolute atomic E-state index is 0.353. The highest BCUT2D eigenvalue weighted by Crippen LogP contribution is 2.63. The molecular weight excluding hydrogens is 182 g/mol. The summed E-state index contributed by atoms with van der Waals surface area (Å²) in [4.78, 5) is 0. The van der Waals surface area contributed by atoms with Crippen LogP contribution < -0.4 is 0 Å². The van der Waals surface area contributed by atoms with Crippen molar-refractivity contribution in [2.45, 2.75) is 51.9 Å². The number of nitriles is 1.